The van der Waals surface area contributed by atoms with Crippen molar-refractivity contribution in [2.45, 2.75) is 24.3 Å². The number of hydrogen-bond acceptors (Lipinski definition) is 6. The van der Waals surface area contributed by atoms with E-state index in [0.29, 0.717) is 13.0 Å². The Kier molecular flexibility index (Phi) is 8.37. The standard InChI is InChI=1S/C9H21NO7P2.HI/c1-16-19(15,17-2)9(11,18(12,13)14)6-8-4-3-5-10-7-8;/h8,10-11H,3-7H2,1-2H3,(H2,12,13,14);1H. The van der Waals surface area contributed by atoms with Gasteiger partial charge in [-0.15, -0.1) is 24.0 Å². The van der Waals surface area contributed by atoms with Gasteiger partial charge < -0.3 is 29.3 Å². The second kappa shape index (κ2) is 7.99. The van der Waals surface area contributed by atoms with Gasteiger partial charge in [-0.2, -0.15) is 0 Å². The van der Waals surface area contributed by atoms with Gasteiger partial charge in [0.2, 0.25) is 0 Å². The van der Waals surface area contributed by atoms with Crippen molar-refractivity contribution in [2.24, 2.45) is 5.92 Å². The van der Waals surface area contributed by atoms with E-state index in [4.69, 9.17) is 0 Å². The number of piperidine rings is 1. The topological polar surface area (TPSA) is 125 Å². The van der Waals surface area contributed by atoms with Crippen LogP contribution < -0.4 is 5.32 Å². The Morgan fingerprint density at radius 1 is 1.30 bits per heavy atom. The minimum atomic E-state index is -5.09. The molecule has 0 bridgehead atoms. The molecule has 20 heavy (non-hydrogen) atoms. The van der Waals surface area contributed by atoms with E-state index in [0.717, 1.165) is 27.2 Å². The van der Waals surface area contributed by atoms with E-state index in [1.807, 2.05) is 0 Å². The molecule has 11 heteroatoms. The van der Waals surface area contributed by atoms with Gasteiger partial charge in [-0.1, -0.05) is 0 Å². The maximum absolute atomic E-state index is 12.3. The molecule has 1 fully saturated rings. The zero-order valence-electron chi connectivity index (χ0n) is 11.4. The maximum atomic E-state index is 12.3. The largest absolute Gasteiger partial charge is 0.374 e. The molecular formula is C9H22INO7P2. The van der Waals surface area contributed by atoms with E-state index in [2.05, 4.69) is 14.4 Å². The average Bonchev–Trinajstić information content (AvgIpc) is 2.37. The van der Waals surface area contributed by atoms with Crippen LogP contribution in [0.4, 0.5) is 0 Å². The van der Waals surface area contributed by atoms with Gasteiger partial charge in [0.25, 0.3) is 5.08 Å². The molecule has 0 amide bonds. The van der Waals surface area contributed by atoms with Gasteiger partial charge in [0.1, 0.15) is 0 Å². The second-order valence-electron chi connectivity index (χ2n) is 4.60. The predicted molar refractivity (Wildman–Crippen MR) is 84.2 cm³/mol. The molecule has 0 aliphatic carbocycles. The first-order valence-corrected chi connectivity index (χ1v) is 9.06. The maximum Gasteiger partial charge on any atom is 0.374 e. The number of halogens is 1. The van der Waals surface area contributed by atoms with Crippen LogP contribution in [-0.2, 0) is 18.2 Å². The smallest absolute Gasteiger partial charge is 0.368 e. The molecule has 1 saturated heterocycles. The predicted octanol–water partition coefficient (Wildman–Crippen LogP) is 1.30. The summed E-state index contributed by atoms with van der Waals surface area (Å²) in [6.07, 6.45) is 1.16. The average molecular weight is 445 g/mol. The molecule has 8 nitrogen and oxygen atoms in total. The van der Waals surface area contributed by atoms with Crippen LogP contribution in [0.25, 0.3) is 0 Å². The number of hydrogen-bond donors (Lipinski definition) is 4. The Bertz CT molecular complexity index is 390. The molecule has 2 atom stereocenters. The van der Waals surface area contributed by atoms with Crippen LogP contribution in [0.1, 0.15) is 19.3 Å². The summed E-state index contributed by atoms with van der Waals surface area (Å²) in [6, 6.07) is 0. The van der Waals surface area contributed by atoms with Gasteiger partial charge in [-0.05, 0) is 31.8 Å². The summed E-state index contributed by atoms with van der Waals surface area (Å²) in [5.41, 5.74) is 0. The first-order chi connectivity index (χ1) is 8.70. The number of rotatable bonds is 6. The highest BCUT2D eigenvalue weighted by molar-refractivity contribution is 14.0. The van der Waals surface area contributed by atoms with Crippen LogP contribution in [0.15, 0.2) is 0 Å². The van der Waals surface area contributed by atoms with Crippen molar-refractivity contribution in [1.29, 1.82) is 0 Å². The Balaban J connectivity index is 0.00000361. The molecule has 0 aromatic rings. The van der Waals surface area contributed by atoms with Crippen LogP contribution in [0, 0.1) is 5.92 Å². The van der Waals surface area contributed by atoms with Crippen LogP contribution in [-0.4, -0.2) is 47.3 Å². The van der Waals surface area contributed by atoms with Gasteiger partial charge in [-0.25, -0.2) is 0 Å². The van der Waals surface area contributed by atoms with E-state index >= 15 is 0 Å². The van der Waals surface area contributed by atoms with Crippen molar-refractivity contribution in [3.05, 3.63) is 0 Å². The fourth-order valence-corrected chi connectivity index (χ4v) is 5.72. The Labute approximate surface area is 135 Å². The SMILES string of the molecule is COP(=O)(OC)C(O)(CC1CCCNC1)P(=O)(O)O.I. The summed E-state index contributed by atoms with van der Waals surface area (Å²) in [4.78, 5) is 18.7. The molecule has 1 aliphatic heterocycles. The van der Waals surface area contributed by atoms with Gasteiger partial charge in [-0.3, -0.25) is 9.13 Å². The Hall–Kier alpha value is 0.950. The van der Waals surface area contributed by atoms with Crippen molar-refractivity contribution in [1.82, 2.24) is 5.32 Å². The van der Waals surface area contributed by atoms with E-state index in [-0.39, 0.29) is 36.3 Å². The lowest BCUT2D eigenvalue weighted by atomic mass is 9.96. The van der Waals surface area contributed by atoms with Crippen molar-refractivity contribution < 1.29 is 33.1 Å². The Morgan fingerprint density at radius 3 is 2.20 bits per heavy atom. The molecule has 122 valence electrons. The zero-order valence-corrected chi connectivity index (χ0v) is 15.5. The van der Waals surface area contributed by atoms with Crippen molar-refractivity contribution in [3.8, 4) is 0 Å². The van der Waals surface area contributed by atoms with Crippen LogP contribution >= 0.6 is 39.2 Å². The van der Waals surface area contributed by atoms with E-state index in [9.17, 15) is 24.0 Å². The molecule has 1 rings (SSSR count). The highest BCUT2D eigenvalue weighted by Crippen LogP contribution is 2.74. The molecule has 2 unspecified atom stereocenters. The van der Waals surface area contributed by atoms with Gasteiger partial charge >= 0.3 is 15.2 Å². The third-order valence-electron chi connectivity index (χ3n) is 3.35. The third-order valence-corrected chi connectivity index (χ3v) is 8.00. The highest BCUT2D eigenvalue weighted by Gasteiger charge is 2.62. The molecule has 0 radical (unpaired) electrons. The zero-order chi connectivity index (χ0) is 14.7. The van der Waals surface area contributed by atoms with Crippen molar-refractivity contribution >= 4 is 39.2 Å². The first-order valence-electron chi connectivity index (χ1n) is 5.90. The summed E-state index contributed by atoms with van der Waals surface area (Å²) in [5, 5.41) is 10.6. The van der Waals surface area contributed by atoms with Crippen LogP contribution in [0.5, 0.6) is 0 Å². The number of aliphatic hydroxyl groups is 1. The molecule has 1 aliphatic rings. The molecule has 0 saturated carbocycles. The van der Waals surface area contributed by atoms with Gasteiger partial charge in [0.15, 0.2) is 0 Å². The van der Waals surface area contributed by atoms with Crippen LogP contribution in [0.3, 0.4) is 0 Å². The lowest BCUT2D eigenvalue weighted by molar-refractivity contribution is 0.0899. The fraction of sp³-hybridized carbons (Fsp3) is 1.00. The molecular weight excluding hydrogens is 423 g/mol. The van der Waals surface area contributed by atoms with Crippen molar-refractivity contribution in [3.63, 3.8) is 0 Å². The molecule has 4 N–H and O–H groups in total. The summed E-state index contributed by atoms with van der Waals surface area (Å²) in [6.45, 7) is 1.31. The summed E-state index contributed by atoms with van der Waals surface area (Å²) in [5.74, 6) is -0.204. The quantitative estimate of drug-likeness (QED) is 0.356. The minimum absolute atomic E-state index is 0. The Morgan fingerprint density at radius 2 is 1.85 bits per heavy atom. The molecule has 1 heterocycles. The summed E-state index contributed by atoms with van der Waals surface area (Å²) in [7, 11) is -7.44. The monoisotopic (exact) mass is 445 g/mol. The van der Waals surface area contributed by atoms with Crippen molar-refractivity contribution in [2.75, 3.05) is 27.3 Å². The fourth-order valence-electron chi connectivity index (χ4n) is 2.24. The highest BCUT2D eigenvalue weighted by atomic mass is 127. The van der Waals surface area contributed by atoms with Crippen LogP contribution in [0.2, 0.25) is 0 Å². The van der Waals surface area contributed by atoms with Gasteiger partial charge in [0, 0.05) is 20.6 Å². The molecule has 0 aromatic heterocycles. The first kappa shape index (κ1) is 20.9. The minimum Gasteiger partial charge on any atom is -0.368 e. The van der Waals surface area contributed by atoms with Gasteiger partial charge in [0.05, 0.1) is 0 Å². The second-order valence-corrected chi connectivity index (χ2v) is 9.24. The summed E-state index contributed by atoms with van der Waals surface area (Å²) < 4.78 is 33.1. The van der Waals surface area contributed by atoms with E-state index < -0.39 is 20.3 Å². The molecule has 0 aromatic carbocycles. The number of nitrogens with one attached hydrogen (secondary N) is 1. The molecule has 0 spiro atoms. The third kappa shape index (κ3) is 4.24. The van der Waals surface area contributed by atoms with E-state index in [1.54, 1.807) is 0 Å². The normalized spacial score (nSPS) is 23.8. The summed E-state index contributed by atoms with van der Waals surface area (Å²) >= 11 is 0. The van der Waals surface area contributed by atoms with E-state index in [1.165, 1.54) is 0 Å². The lowest BCUT2D eigenvalue weighted by Crippen LogP contribution is -2.38. The lowest BCUT2D eigenvalue weighted by Gasteiger charge is -2.36.